The van der Waals surface area contributed by atoms with E-state index in [1.165, 1.54) is 0 Å². The van der Waals surface area contributed by atoms with Crippen molar-refractivity contribution in [3.05, 3.63) is 10.1 Å². The van der Waals surface area contributed by atoms with Gasteiger partial charge in [0.1, 0.15) is 9.75 Å². The monoisotopic (exact) mass is 493 g/mol. The van der Waals surface area contributed by atoms with E-state index < -0.39 is 61.8 Å². The molecule has 4 fully saturated rings. The fraction of sp³-hybridized carbons (Fsp3) is 0.750. The number of amides is 2. The highest BCUT2D eigenvalue weighted by Gasteiger charge is 2.90. The number of rotatable bonds is 2. The normalized spacial score (nSPS) is 51.8. The minimum absolute atomic E-state index is 0.0619. The van der Waals surface area contributed by atoms with E-state index in [0.717, 1.165) is 5.06 Å². The van der Waals surface area contributed by atoms with Crippen LogP contribution in [0.2, 0.25) is 0 Å². The number of carbonyl (C=O) groups excluding carboxylic acids is 2. The van der Waals surface area contributed by atoms with Crippen LogP contribution in [0.5, 0.6) is 0 Å². The molecule has 27 heavy (non-hydrogen) atoms. The number of allylic oxidation sites excluding steroid dienone is 2. The summed E-state index contributed by atoms with van der Waals surface area (Å²) in [6, 6.07) is 0. The largest absolute Gasteiger partial charge is 0.373 e. The maximum Gasteiger partial charge on any atom is 0.260 e. The van der Waals surface area contributed by atoms with Gasteiger partial charge in [0.2, 0.25) is 0 Å². The van der Waals surface area contributed by atoms with E-state index in [2.05, 4.69) is 0 Å². The van der Waals surface area contributed by atoms with Crippen LogP contribution >= 0.6 is 69.6 Å². The molecule has 0 unspecified atom stereocenters. The van der Waals surface area contributed by atoms with E-state index >= 15 is 0 Å². The van der Waals surface area contributed by atoms with Crippen molar-refractivity contribution in [2.75, 3.05) is 0 Å². The average Bonchev–Trinajstić information content (AvgIpc) is 3.27. The van der Waals surface area contributed by atoms with Crippen LogP contribution in [0.1, 0.15) is 13.8 Å². The fourth-order valence-corrected chi connectivity index (χ4v) is 8.65. The fourth-order valence-electron chi connectivity index (χ4n) is 5.59. The highest BCUT2D eigenvalue weighted by molar-refractivity contribution is 6.65. The van der Waals surface area contributed by atoms with Gasteiger partial charge in [-0.15, -0.1) is 23.2 Å². The standard InChI is InChI=1S/C16H13Cl6NO4/c1-3(2)27-23-12(24)4-5(13(23)25)9-7-6(8(4)26-9)14(19)10(17)11(18)15(7,20)16(14,21)22/h3-9H,1-2H3/t4-,5+,6+,7-,8+,9-,14-,15-/m1/s1. The third-order valence-corrected chi connectivity index (χ3v) is 10.7. The first-order valence-electron chi connectivity index (χ1n) is 8.44. The average molecular weight is 496 g/mol. The molecule has 3 aliphatic heterocycles. The molecule has 2 amide bonds. The van der Waals surface area contributed by atoms with Gasteiger partial charge in [0.15, 0.2) is 4.33 Å². The minimum atomic E-state index is -1.72. The maximum atomic E-state index is 12.9. The van der Waals surface area contributed by atoms with Gasteiger partial charge in [0.05, 0.1) is 40.2 Å². The van der Waals surface area contributed by atoms with Gasteiger partial charge in [-0.25, -0.2) is 0 Å². The van der Waals surface area contributed by atoms with Crippen LogP contribution in [-0.2, 0) is 19.2 Å². The molecule has 0 aromatic rings. The summed E-state index contributed by atoms with van der Waals surface area (Å²) in [4.78, 5) is 28.2. The second-order valence-electron chi connectivity index (χ2n) is 7.92. The second kappa shape index (κ2) is 5.42. The molecule has 5 aliphatic rings. The van der Waals surface area contributed by atoms with E-state index in [1.54, 1.807) is 13.8 Å². The molecule has 148 valence electrons. The molecular weight excluding hydrogens is 483 g/mol. The van der Waals surface area contributed by atoms with Crippen molar-refractivity contribution >= 4 is 81.4 Å². The summed E-state index contributed by atoms with van der Waals surface area (Å²) in [6.45, 7) is 3.46. The van der Waals surface area contributed by atoms with Gasteiger partial charge in [-0.05, 0) is 13.8 Å². The van der Waals surface area contributed by atoms with E-state index in [1.807, 2.05) is 0 Å². The lowest BCUT2D eigenvalue weighted by Gasteiger charge is -2.39. The first-order valence-corrected chi connectivity index (χ1v) is 10.7. The summed E-state index contributed by atoms with van der Waals surface area (Å²) in [5.74, 6) is -3.54. The summed E-state index contributed by atoms with van der Waals surface area (Å²) < 4.78 is 4.33. The van der Waals surface area contributed by atoms with Gasteiger partial charge < -0.3 is 4.74 Å². The zero-order valence-electron chi connectivity index (χ0n) is 13.9. The molecule has 8 atom stereocenters. The molecule has 0 radical (unpaired) electrons. The maximum absolute atomic E-state index is 12.9. The molecule has 1 saturated carbocycles. The van der Waals surface area contributed by atoms with Crippen molar-refractivity contribution in [1.82, 2.24) is 5.06 Å². The lowest BCUT2D eigenvalue weighted by atomic mass is 9.65. The van der Waals surface area contributed by atoms with Crippen molar-refractivity contribution in [3.63, 3.8) is 0 Å². The Labute approximate surface area is 185 Å². The third-order valence-electron chi connectivity index (χ3n) is 6.45. The summed E-state index contributed by atoms with van der Waals surface area (Å²) in [6.07, 6.45) is -1.76. The van der Waals surface area contributed by atoms with Crippen molar-refractivity contribution in [2.45, 2.75) is 46.2 Å². The number of nitrogens with zero attached hydrogens (tertiary/aromatic N) is 1. The molecule has 3 saturated heterocycles. The molecule has 5 rings (SSSR count). The van der Waals surface area contributed by atoms with Gasteiger partial charge in [-0.1, -0.05) is 46.4 Å². The Morgan fingerprint density at radius 1 is 0.926 bits per heavy atom. The molecule has 11 heteroatoms. The highest BCUT2D eigenvalue weighted by Crippen LogP contribution is 2.81. The summed E-state index contributed by atoms with van der Waals surface area (Å²) in [5.41, 5.74) is 0. The second-order valence-corrected chi connectivity index (χ2v) is 11.2. The van der Waals surface area contributed by atoms with E-state index in [4.69, 9.17) is 79.2 Å². The third kappa shape index (κ3) is 1.79. The summed E-state index contributed by atoms with van der Waals surface area (Å²) >= 11 is 39.8. The summed E-state index contributed by atoms with van der Waals surface area (Å²) in [5, 5.41) is 0.956. The number of hydrogen-bond donors (Lipinski definition) is 0. The Morgan fingerprint density at radius 2 is 1.33 bits per heavy atom. The van der Waals surface area contributed by atoms with Crippen LogP contribution < -0.4 is 0 Å². The quantitative estimate of drug-likeness (QED) is 0.432. The highest BCUT2D eigenvalue weighted by atomic mass is 35.5. The molecule has 0 aromatic carbocycles. The Morgan fingerprint density at radius 3 is 1.70 bits per heavy atom. The predicted octanol–water partition coefficient (Wildman–Crippen LogP) is 3.79. The lowest BCUT2D eigenvalue weighted by molar-refractivity contribution is -0.202. The first kappa shape index (κ1) is 19.5. The number of alkyl halides is 4. The number of fused-ring (bicyclic) bond motifs is 12. The number of hydrogen-bond acceptors (Lipinski definition) is 4. The smallest absolute Gasteiger partial charge is 0.260 e. The van der Waals surface area contributed by atoms with Crippen LogP contribution in [0.15, 0.2) is 10.1 Å². The van der Waals surface area contributed by atoms with Gasteiger partial charge >= 0.3 is 0 Å². The Hall–Kier alpha value is 0.540. The number of halogens is 6. The van der Waals surface area contributed by atoms with Crippen LogP contribution in [-0.4, -0.2) is 49.3 Å². The van der Waals surface area contributed by atoms with Crippen LogP contribution in [0.25, 0.3) is 0 Å². The predicted molar refractivity (Wildman–Crippen MR) is 101 cm³/mol. The molecule has 4 bridgehead atoms. The van der Waals surface area contributed by atoms with Crippen LogP contribution in [0.3, 0.4) is 0 Å². The van der Waals surface area contributed by atoms with Crippen LogP contribution in [0, 0.1) is 23.7 Å². The van der Waals surface area contributed by atoms with Gasteiger partial charge in [0.25, 0.3) is 11.8 Å². The van der Waals surface area contributed by atoms with Crippen molar-refractivity contribution in [1.29, 1.82) is 0 Å². The Bertz CT molecular complexity index is 774. The molecule has 0 aromatic heterocycles. The molecule has 3 heterocycles. The molecule has 2 aliphatic carbocycles. The van der Waals surface area contributed by atoms with E-state index in [9.17, 15) is 9.59 Å². The minimum Gasteiger partial charge on any atom is -0.373 e. The van der Waals surface area contributed by atoms with E-state index in [-0.39, 0.29) is 16.2 Å². The zero-order chi connectivity index (χ0) is 19.8. The number of imide groups is 1. The topological polar surface area (TPSA) is 55.8 Å². The lowest BCUT2D eigenvalue weighted by Crippen LogP contribution is -2.50. The van der Waals surface area contributed by atoms with Crippen molar-refractivity contribution in [3.8, 4) is 0 Å². The molecule has 0 spiro atoms. The molecule has 0 N–H and O–H groups in total. The van der Waals surface area contributed by atoms with Gasteiger partial charge in [0, 0.05) is 11.8 Å². The Balaban J connectivity index is 1.63. The van der Waals surface area contributed by atoms with Gasteiger partial charge in [-0.3, -0.25) is 14.4 Å². The summed E-state index contributed by atoms with van der Waals surface area (Å²) in [7, 11) is 0. The van der Waals surface area contributed by atoms with Crippen LogP contribution in [0.4, 0.5) is 0 Å². The SMILES string of the molecule is CC(C)ON1C(=O)[C@@H]2[C@H]3O[C@@H]([C@@H]2C1=O)[C@@H]1[C@H]3[C@@]2(Cl)C(Cl)=C(Cl)[C@@]1(Cl)C2(Cl)Cl. The Kier molecular flexibility index (Phi) is 3.91. The number of hydroxylamine groups is 2. The zero-order valence-corrected chi connectivity index (χ0v) is 18.4. The number of ether oxygens (including phenoxy) is 1. The number of carbonyl (C=O) groups is 2. The van der Waals surface area contributed by atoms with Crippen molar-refractivity contribution in [2.24, 2.45) is 23.7 Å². The van der Waals surface area contributed by atoms with Crippen molar-refractivity contribution < 1.29 is 19.2 Å². The first-order chi connectivity index (χ1) is 12.4. The van der Waals surface area contributed by atoms with E-state index in [0.29, 0.717) is 0 Å². The molecular formula is C16H13Cl6NO4. The molecule has 5 nitrogen and oxygen atoms in total. The van der Waals surface area contributed by atoms with Gasteiger partial charge in [-0.2, -0.15) is 5.06 Å².